The molecular weight excluding hydrogens is 322 g/mol. The maximum Gasteiger partial charge on any atom is 0.338 e. The largest absolute Gasteiger partial charge is 0.466 e. The number of halogens is 1. The van der Waals surface area contributed by atoms with Crippen molar-refractivity contribution in [3.05, 3.63) is 28.8 Å². The summed E-state index contributed by atoms with van der Waals surface area (Å²) in [6.45, 7) is 4.13. The molecule has 1 saturated heterocycles. The van der Waals surface area contributed by atoms with E-state index in [-0.39, 0.29) is 32.1 Å². The monoisotopic (exact) mass is 339 g/mol. The van der Waals surface area contributed by atoms with Crippen LogP contribution < -0.4 is 4.90 Å². The fourth-order valence-electron chi connectivity index (χ4n) is 2.42. The first-order chi connectivity index (χ1) is 11.0. The van der Waals surface area contributed by atoms with Crippen LogP contribution in [0.2, 0.25) is 5.02 Å². The summed E-state index contributed by atoms with van der Waals surface area (Å²) in [7, 11) is 0. The highest BCUT2D eigenvalue weighted by Crippen LogP contribution is 2.32. The van der Waals surface area contributed by atoms with Gasteiger partial charge in [-0.2, -0.15) is 0 Å². The lowest BCUT2D eigenvalue weighted by atomic mass is 10.1. The first-order valence-corrected chi connectivity index (χ1v) is 7.79. The van der Waals surface area contributed by atoms with Crippen molar-refractivity contribution in [2.75, 3.05) is 24.7 Å². The van der Waals surface area contributed by atoms with E-state index in [1.807, 2.05) is 0 Å². The van der Waals surface area contributed by atoms with Crippen LogP contribution in [-0.2, 0) is 19.1 Å². The third-order valence-electron chi connectivity index (χ3n) is 3.49. The molecule has 2 rings (SSSR count). The van der Waals surface area contributed by atoms with Gasteiger partial charge in [-0.1, -0.05) is 11.6 Å². The second-order valence-electron chi connectivity index (χ2n) is 5.04. The number of anilines is 1. The topological polar surface area (TPSA) is 72.9 Å². The fourth-order valence-corrected chi connectivity index (χ4v) is 2.64. The van der Waals surface area contributed by atoms with E-state index in [2.05, 4.69) is 0 Å². The van der Waals surface area contributed by atoms with Crippen molar-refractivity contribution >= 4 is 35.1 Å². The molecular formula is C16H18ClNO5. The van der Waals surface area contributed by atoms with Crippen molar-refractivity contribution in [1.82, 2.24) is 0 Å². The smallest absolute Gasteiger partial charge is 0.338 e. The summed E-state index contributed by atoms with van der Waals surface area (Å²) in [5.41, 5.74) is 0.702. The molecule has 1 aromatic carbocycles. The van der Waals surface area contributed by atoms with Crippen molar-refractivity contribution in [3.8, 4) is 0 Å². The van der Waals surface area contributed by atoms with Gasteiger partial charge in [0, 0.05) is 13.0 Å². The number of nitrogens with zero attached hydrogens (tertiary/aromatic N) is 1. The minimum absolute atomic E-state index is 0.0683. The minimum Gasteiger partial charge on any atom is -0.466 e. The lowest BCUT2D eigenvalue weighted by Gasteiger charge is -2.18. The van der Waals surface area contributed by atoms with Crippen LogP contribution in [0.3, 0.4) is 0 Å². The number of rotatable bonds is 5. The molecule has 0 radical (unpaired) electrons. The normalized spacial score (nSPS) is 17.3. The van der Waals surface area contributed by atoms with Gasteiger partial charge < -0.3 is 14.4 Å². The van der Waals surface area contributed by atoms with Gasteiger partial charge in [-0.05, 0) is 32.0 Å². The zero-order valence-electron chi connectivity index (χ0n) is 13.0. The first kappa shape index (κ1) is 17.3. The highest BCUT2D eigenvalue weighted by Gasteiger charge is 2.37. The molecule has 0 spiro atoms. The molecule has 124 valence electrons. The summed E-state index contributed by atoms with van der Waals surface area (Å²) in [4.78, 5) is 37.2. The van der Waals surface area contributed by atoms with E-state index >= 15 is 0 Å². The number of carbonyl (C=O) groups is 3. The van der Waals surface area contributed by atoms with E-state index in [1.165, 1.54) is 23.1 Å². The molecule has 23 heavy (non-hydrogen) atoms. The van der Waals surface area contributed by atoms with Gasteiger partial charge in [-0.25, -0.2) is 4.79 Å². The molecule has 7 heteroatoms. The second kappa shape index (κ2) is 7.46. The number of esters is 2. The summed E-state index contributed by atoms with van der Waals surface area (Å²) in [5, 5.41) is 0.330. The van der Waals surface area contributed by atoms with Crippen LogP contribution in [0.1, 0.15) is 30.6 Å². The Balaban J connectivity index is 2.24. The van der Waals surface area contributed by atoms with Gasteiger partial charge in [-0.15, -0.1) is 0 Å². The number of carbonyl (C=O) groups excluding carboxylic acids is 3. The number of amides is 1. The zero-order chi connectivity index (χ0) is 17.0. The van der Waals surface area contributed by atoms with Crippen molar-refractivity contribution in [2.45, 2.75) is 20.3 Å². The molecule has 1 aromatic rings. The molecule has 0 N–H and O–H groups in total. The van der Waals surface area contributed by atoms with E-state index in [1.54, 1.807) is 13.8 Å². The first-order valence-electron chi connectivity index (χ1n) is 7.41. The fraction of sp³-hybridized carbons (Fsp3) is 0.438. The highest BCUT2D eigenvalue weighted by atomic mass is 35.5. The summed E-state index contributed by atoms with van der Waals surface area (Å²) in [6, 6.07) is 4.58. The van der Waals surface area contributed by atoms with Crippen molar-refractivity contribution in [1.29, 1.82) is 0 Å². The quantitative estimate of drug-likeness (QED) is 0.770. The van der Waals surface area contributed by atoms with E-state index in [9.17, 15) is 14.4 Å². The molecule has 1 aliphatic heterocycles. The Kier molecular flexibility index (Phi) is 5.60. The van der Waals surface area contributed by atoms with Crippen LogP contribution in [0.25, 0.3) is 0 Å². The lowest BCUT2D eigenvalue weighted by Crippen LogP contribution is -2.27. The molecule has 1 heterocycles. The molecule has 6 nitrogen and oxygen atoms in total. The Bertz CT molecular complexity index is 631. The van der Waals surface area contributed by atoms with Crippen molar-refractivity contribution in [2.24, 2.45) is 5.92 Å². The van der Waals surface area contributed by atoms with Crippen molar-refractivity contribution < 1.29 is 23.9 Å². The highest BCUT2D eigenvalue weighted by molar-refractivity contribution is 6.34. The van der Waals surface area contributed by atoms with E-state index in [0.29, 0.717) is 16.3 Å². The summed E-state index contributed by atoms with van der Waals surface area (Å²) >= 11 is 6.15. The Morgan fingerprint density at radius 2 is 1.96 bits per heavy atom. The minimum atomic E-state index is -0.523. The third kappa shape index (κ3) is 3.82. The van der Waals surface area contributed by atoms with Gasteiger partial charge >= 0.3 is 11.9 Å². The number of benzene rings is 1. The van der Waals surface area contributed by atoms with Gasteiger partial charge in [0.1, 0.15) is 0 Å². The molecule has 1 fully saturated rings. The van der Waals surface area contributed by atoms with Crippen LogP contribution in [0, 0.1) is 5.92 Å². The van der Waals surface area contributed by atoms with E-state index < -0.39 is 17.9 Å². The maximum atomic E-state index is 12.2. The predicted molar refractivity (Wildman–Crippen MR) is 84.5 cm³/mol. The second-order valence-corrected chi connectivity index (χ2v) is 5.45. The van der Waals surface area contributed by atoms with Gasteiger partial charge in [0.2, 0.25) is 5.91 Å². The molecule has 1 aliphatic rings. The number of hydrogen-bond acceptors (Lipinski definition) is 5. The maximum absolute atomic E-state index is 12.2. The Morgan fingerprint density at radius 1 is 1.26 bits per heavy atom. The number of hydrogen-bond donors (Lipinski definition) is 0. The number of ether oxygens (including phenoxy) is 2. The summed E-state index contributed by atoms with van der Waals surface area (Å²) in [5.74, 6) is -1.64. The van der Waals surface area contributed by atoms with Crippen LogP contribution in [0.15, 0.2) is 18.2 Å². The van der Waals surface area contributed by atoms with E-state index in [4.69, 9.17) is 21.1 Å². The molecule has 0 aromatic heterocycles. The standard InChI is InChI=1S/C16H18ClNO5/c1-3-22-15(20)10-5-6-12(17)13(7-10)18-9-11(8-14(18)19)16(21)23-4-2/h5-7,11H,3-4,8-9H2,1-2H3. The molecule has 1 amide bonds. The predicted octanol–water partition coefficient (Wildman–Crippen LogP) is 2.43. The molecule has 1 unspecified atom stereocenters. The molecule has 1 atom stereocenters. The molecule has 0 aliphatic carbocycles. The van der Waals surface area contributed by atoms with Crippen LogP contribution in [0.4, 0.5) is 5.69 Å². The van der Waals surface area contributed by atoms with E-state index in [0.717, 1.165) is 0 Å². The van der Waals surface area contributed by atoms with Crippen molar-refractivity contribution in [3.63, 3.8) is 0 Å². The Hall–Kier alpha value is -2.08. The van der Waals surface area contributed by atoms with Gasteiger partial charge in [0.25, 0.3) is 0 Å². The Labute approximate surface area is 139 Å². The average molecular weight is 340 g/mol. The van der Waals surface area contributed by atoms with Crippen LogP contribution >= 0.6 is 11.6 Å². The Morgan fingerprint density at radius 3 is 2.61 bits per heavy atom. The van der Waals surface area contributed by atoms with Crippen LogP contribution in [0.5, 0.6) is 0 Å². The molecule has 0 saturated carbocycles. The van der Waals surface area contributed by atoms with Gasteiger partial charge in [0.05, 0.1) is 35.4 Å². The van der Waals surface area contributed by atoms with Gasteiger partial charge in [-0.3, -0.25) is 9.59 Å². The summed E-state index contributed by atoms with van der Waals surface area (Å²) in [6.07, 6.45) is 0.0683. The average Bonchev–Trinajstić information content (AvgIpc) is 2.90. The third-order valence-corrected chi connectivity index (χ3v) is 3.81. The molecule has 0 bridgehead atoms. The lowest BCUT2D eigenvalue weighted by molar-refractivity contribution is -0.147. The summed E-state index contributed by atoms with van der Waals surface area (Å²) < 4.78 is 9.90. The van der Waals surface area contributed by atoms with Crippen LogP contribution in [-0.4, -0.2) is 37.6 Å². The zero-order valence-corrected chi connectivity index (χ0v) is 13.8. The van der Waals surface area contributed by atoms with Gasteiger partial charge in [0.15, 0.2) is 0 Å². The SMILES string of the molecule is CCOC(=O)c1ccc(Cl)c(N2CC(C(=O)OCC)CC2=O)c1.